The fourth-order valence-electron chi connectivity index (χ4n) is 3.35. The van der Waals surface area contributed by atoms with Gasteiger partial charge in [-0.15, -0.1) is 10.2 Å². The van der Waals surface area contributed by atoms with Crippen molar-refractivity contribution in [1.82, 2.24) is 20.2 Å². The number of hydrogen-bond acceptors (Lipinski definition) is 6. The molecule has 4 aromatic rings. The maximum atomic E-state index is 12.7. The molecule has 0 aliphatic heterocycles. The van der Waals surface area contributed by atoms with E-state index < -0.39 is 5.25 Å². The summed E-state index contributed by atoms with van der Waals surface area (Å²) in [7, 11) is 0. The molecule has 1 heterocycles. The highest BCUT2D eigenvalue weighted by molar-refractivity contribution is 14.1. The third-order valence-corrected chi connectivity index (χ3v) is 7.49. The van der Waals surface area contributed by atoms with Gasteiger partial charge in [-0.2, -0.15) is 5.10 Å². The summed E-state index contributed by atoms with van der Waals surface area (Å²) in [6.07, 6.45) is 1.62. The van der Waals surface area contributed by atoms with Gasteiger partial charge in [0, 0.05) is 19.4 Å². The summed E-state index contributed by atoms with van der Waals surface area (Å²) in [6, 6.07) is 23.8. The van der Waals surface area contributed by atoms with Crippen molar-refractivity contribution in [3.8, 4) is 5.69 Å². The monoisotopic (exact) mass is 674 g/mol. The number of carbonyl (C=O) groups is 1. The van der Waals surface area contributed by atoms with E-state index in [0.717, 1.165) is 32.8 Å². The highest BCUT2D eigenvalue weighted by atomic mass is 127. The first-order chi connectivity index (χ1) is 17.4. The predicted octanol–water partition coefficient (Wildman–Crippen LogP) is 6.19. The molecule has 0 spiro atoms. The largest absolute Gasteiger partial charge is 0.378 e. The summed E-state index contributed by atoms with van der Waals surface area (Å²) in [5.41, 5.74) is 6.65. The smallest absolute Gasteiger partial charge is 0.253 e. The van der Waals surface area contributed by atoms with Crippen molar-refractivity contribution in [3.63, 3.8) is 0 Å². The average molecular weight is 675 g/mol. The van der Waals surface area contributed by atoms with E-state index in [9.17, 15) is 4.79 Å². The molecule has 1 unspecified atom stereocenters. The Hall–Kier alpha value is -2.70. The third-order valence-electron chi connectivity index (χ3n) is 5.25. The molecule has 4 rings (SSSR count). The van der Waals surface area contributed by atoms with Gasteiger partial charge in [-0.25, -0.2) is 5.43 Å². The van der Waals surface area contributed by atoms with Crippen LogP contribution in [0.5, 0.6) is 0 Å². The van der Waals surface area contributed by atoms with E-state index in [1.165, 1.54) is 15.3 Å². The fraction of sp³-hybridized carbons (Fsp3) is 0.154. The molecule has 7 nitrogen and oxygen atoms in total. The van der Waals surface area contributed by atoms with Gasteiger partial charge in [-0.3, -0.25) is 9.36 Å². The molecule has 0 aliphatic rings. The van der Waals surface area contributed by atoms with E-state index >= 15 is 0 Å². The first-order valence-electron chi connectivity index (χ1n) is 11.2. The molecule has 1 amide bonds. The number of carbonyl (C=O) groups excluding carboxylic acids is 1. The SMILES string of the molecule is Cc1cc(I)ccc1NCc1nnc(SC(C)C(=O)N/N=C/c2ccc(Br)cc2)n1-c1ccccc1. The number of aromatic nitrogens is 3. The number of hydrogen-bond donors (Lipinski definition) is 2. The Morgan fingerprint density at radius 3 is 2.61 bits per heavy atom. The van der Waals surface area contributed by atoms with E-state index in [1.54, 1.807) is 6.21 Å². The fourth-order valence-corrected chi connectivity index (χ4v) is 5.14. The van der Waals surface area contributed by atoms with Crippen molar-refractivity contribution in [3.05, 3.63) is 97.8 Å². The molecule has 0 fully saturated rings. The van der Waals surface area contributed by atoms with Crippen molar-refractivity contribution < 1.29 is 4.79 Å². The van der Waals surface area contributed by atoms with Crippen molar-refractivity contribution in [2.75, 3.05) is 5.32 Å². The zero-order chi connectivity index (χ0) is 25.5. The standard InChI is InChI=1S/C26H24BrIN6OS/c1-17-14-21(28)12-13-23(17)29-16-24-31-33-26(34(24)22-6-4-3-5-7-22)36-18(2)25(35)32-30-15-19-8-10-20(27)11-9-19/h3-15,18,29H,16H2,1-2H3,(H,32,35)/b30-15+. The number of benzene rings is 3. The first kappa shape index (κ1) is 26.4. The second-order valence-electron chi connectivity index (χ2n) is 7.93. The lowest BCUT2D eigenvalue weighted by atomic mass is 10.2. The van der Waals surface area contributed by atoms with Crippen LogP contribution in [0.25, 0.3) is 5.69 Å². The van der Waals surface area contributed by atoms with Crippen molar-refractivity contribution >= 4 is 68.1 Å². The minimum atomic E-state index is -0.432. The molecule has 0 aliphatic carbocycles. The lowest BCUT2D eigenvalue weighted by Crippen LogP contribution is -2.27. The van der Waals surface area contributed by atoms with E-state index in [4.69, 9.17) is 0 Å². The number of aryl methyl sites for hydroxylation is 1. The molecule has 10 heteroatoms. The normalized spacial score (nSPS) is 12.0. The van der Waals surface area contributed by atoms with Crippen LogP contribution in [-0.2, 0) is 11.3 Å². The van der Waals surface area contributed by atoms with Gasteiger partial charge in [0.1, 0.15) is 0 Å². The lowest BCUT2D eigenvalue weighted by Gasteiger charge is -2.14. The number of amides is 1. The number of halogens is 2. The maximum Gasteiger partial charge on any atom is 0.253 e. The Kier molecular flexibility index (Phi) is 9.16. The average Bonchev–Trinajstić information content (AvgIpc) is 3.27. The van der Waals surface area contributed by atoms with Gasteiger partial charge >= 0.3 is 0 Å². The summed E-state index contributed by atoms with van der Waals surface area (Å²) in [4.78, 5) is 12.7. The van der Waals surface area contributed by atoms with E-state index in [0.29, 0.717) is 11.7 Å². The van der Waals surface area contributed by atoms with Crippen LogP contribution in [0.2, 0.25) is 0 Å². The molecule has 184 valence electrons. The number of thioether (sulfide) groups is 1. The minimum Gasteiger partial charge on any atom is -0.378 e. The molecule has 0 saturated carbocycles. The molecule has 36 heavy (non-hydrogen) atoms. The molecule has 3 aromatic carbocycles. The lowest BCUT2D eigenvalue weighted by molar-refractivity contribution is -0.120. The predicted molar refractivity (Wildman–Crippen MR) is 158 cm³/mol. The Balaban J connectivity index is 1.48. The molecular formula is C26H24BrIN6OS. The van der Waals surface area contributed by atoms with Crippen LogP contribution in [0.15, 0.2) is 87.5 Å². The number of nitrogens with zero attached hydrogens (tertiary/aromatic N) is 4. The van der Waals surface area contributed by atoms with Crippen molar-refractivity contribution in [2.45, 2.75) is 30.8 Å². The quantitative estimate of drug-likeness (QED) is 0.0958. The van der Waals surface area contributed by atoms with Gasteiger partial charge in [0.05, 0.1) is 18.0 Å². The highest BCUT2D eigenvalue weighted by Gasteiger charge is 2.21. The highest BCUT2D eigenvalue weighted by Crippen LogP contribution is 2.27. The third kappa shape index (κ3) is 6.95. The van der Waals surface area contributed by atoms with Gasteiger partial charge in [-0.1, -0.05) is 58.0 Å². The van der Waals surface area contributed by atoms with Crippen molar-refractivity contribution in [1.29, 1.82) is 0 Å². The molecule has 1 aromatic heterocycles. The molecule has 0 radical (unpaired) electrons. The Labute approximate surface area is 236 Å². The molecule has 0 saturated heterocycles. The zero-order valence-corrected chi connectivity index (χ0v) is 24.2. The van der Waals surface area contributed by atoms with E-state index in [2.05, 4.69) is 89.7 Å². The Morgan fingerprint density at radius 2 is 1.89 bits per heavy atom. The number of nitrogens with one attached hydrogen (secondary N) is 2. The van der Waals surface area contributed by atoms with Crippen molar-refractivity contribution in [2.24, 2.45) is 5.10 Å². The molecule has 1 atom stereocenters. The Bertz CT molecular complexity index is 1360. The maximum absolute atomic E-state index is 12.7. The van der Waals surface area contributed by atoms with Gasteiger partial charge in [0.25, 0.3) is 5.91 Å². The second kappa shape index (κ2) is 12.5. The van der Waals surface area contributed by atoms with Gasteiger partial charge in [0.2, 0.25) is 0 Å². The van der Waals surface area contributed by atoms with Crippen LogP contribution in [0.3, 0.4) is 0 Å². The zero-order valence-electron chi connectivity index (χ0n) is 19.7. The van der Waals surface area contributed by atoms with Gasteiger partial charge in [-0.05, 0) is 90.0 Å². The molecule has 0 bridgehead atoms. The van der Waals surface area contributed by atoms with Crippen LogP contribution in [0.1, 0.15) is 23.9 Å². The summed E-state index contributed by atoms with van der Waals surface area (Å²) in [5, 5.41) is 16.6. The number of anilines is 1. The van der Waals surface area contributed by atoms with Gasteiger partial charge in [0.15, 0.2) is 11.0 Å². The summed E-state index contributed by atoms with van der Waals surface area (Å²) in [6.45, 7) is 4.39. The summed E-state index contributed by atoms with van der Waals surface area (Å²) < 4.78 is 4.16. The second-order valence-corrected chi connectivity index (χ2v) is 11.4. The molecule has 2 N–H and O–H groups in total. The van der Waals surface area contributed by atoms with Crippen LogP contribution >= 0.6 is 50.3 Å². The van der Waals surface area contributed by atoms with Crippen LogP contribution in [0, 0.1) is 10.5 Å². The first-order valence-corrected chi connectivity index (χ1v) is 13.9. The number of hydrazone groups is 1. The topological polar surface area (TPSA) is 84.2 Å². The van der Waals surface area contributed by atoms with Crippen LogP contribution < -0.4 is 10.7 Å². The summed E-state index contributed by atoms with van der Waals surface area (Å²) in [5.74, 6) is 0.535. The van der Waals surface area contributed by atoms with Gasteiger partial charge < -0.3 is 5.32 Å². The number of para-hydroxylation sites is 1. The van der Waals surface area contributed by atoms with E-state index in [-0.39, 0.29) is 5.91 Å². The summed E-state index contributed by atoms with van der Waals surface area (Å²) >= 11 is 7.05. The Morgan fingerprint density at radius 1 is 1.14 bits per heavy atom. The number of rotatable bonds is 9. The molecular weight excluding hydrogens is 651 g/mol. The van der Waals surface area contributed by atoms with Crippen LogP contribution in [0.4, 0.5) is 5.69 Å². The minimum absolute atomic E-state index is 0.217. The van der Waals surface area contributed by atoms with E-state index in [1.807, 2.05) is 66.1 Å². The van der Waals surface area contributed by atoms with Crippen LogP contribution in [-0.4, -0.2) is 32.1 Å².